The Morgan fingerprint density at radius 3 is 2.60 bits per heavy atom. The maximum atomic E-state index is 11.4. The average Bonchev–Trinajstić information content (AvgIpc) is 2.44. The summed E-state index contributed by atoms with van der Waals surface area (Å²) >= 11 is 0. The summed E-state index contributed by atoms with van der Waals surface area (Å²) in [6.07, 6.45) is 5.09. The molecule has 0 N–H and O–H groups in total. The van der Waals surface area contributed by atoms with Gasteiger partial charge in [0.05, 0.1) is 6.61 Å². The fraction of sp³-hybridized carbons (Fsp3) is 0.353. The number of carbonyl (C=O) groups is 1. The number of hydrogen-bond acceptors (Lipinski definition) is 3. The normalized spacial score (nSPS) is 10.5. The first-order valence-electron chi connectivity index (χ1n) is 6.84. The standard InChI is InChI=1S/C17H22O3/c1-4-5-12-19-17(18)11-8-15-6-9-16(10-7-15)20-13-14(2)3/h6-11H,2,4-5,12-13H2,1,3H3/b11-8+. The second kappa shape index (κ2) is 8.97. The van der Waals surface area contributed by atoms with Gasteiger partial charge in [0.2, 0.25) is 0 Å². The van der Waals surface area contributed by atoms with Crippen molar-refractivity contribution in [1.82, 2.24) is 0 Å². The maximum Gasteiger partial charge on any atom is 0.330 e. The molecule has 0 fully saturated rings. The first-order valence-corrected chi connectivity index (χ1v) is 6.84. The molecule has 1 aromatic carbocycles. The van der Waals surface area contributed by atoms with Crippen LogP contribution in [0.3, 0.4) is 0 Å². The molecule has 0 heterocycles. The van der Waals surface area contributed by atoms with Crippen molar-refractivity contribution in [2.75, 3.05) is 13.2 Å². The lowest BCUT2D eigenvalue weighted by molar-refractivity contribution is -0.137. The Morgan fingerprint density at radius 1 is 1.30 bits per heavy atom. The van der Waals surface area contributed by atoms with E-state index in [0.717, 1.165) is 29.7 Å². The van der Waals surface area contributed by atoms with Gasteiger partial charge in [-0.2, -0.15) is 0 Å². The maximum absolute atomic E-state index is 11.4. The van der Waals surface area contributed by atoms with E-state index in [4.69, 9.17) is 9.47 Å². The predicted molar refractivity (Wildman–Crippen MR) is 81.7 cm³/mol. The molecule has 0 aliphatic carbocycles. The minimum atomic E-state index is -0.305. The first-order chi connectivity index (χ1) is 9.61. The summed E-state index contributed by atoms with van der Waals surface area (Å²) in [7, 11) is 0. The lowest BCUT2D eigenvalue weighted by atomic mass is 10.2. The summed E-state index contributed by atoms with van der Waals surface area (Å²) < 4.78 is 10.5. The predicted octanol–water partition coefficient (Wildman–Crippen LogP) is 4.00. The highest BCUT2D eigenvalue weighted by Gasteiger charge is 1.97. The van der Waals surface area contributed by atoms with Gasteiger partial charge < -0.3 is 9.47 Å². The van der Waals surface area contributed by atoms with Crippen LogP contribution in [-0.2, 0) is 9.53 Å². The second-order valence-corrected chi connectivity index (χ2v) is 4.67. The third-order valence-electron chi connectivity index (χ3n) is 2.52. The van der Waals surface area contributed by atoms with Crippen LogP contribution < -0.4 is 4.74 Å². The summed E-state index contributed by atoms with van der Waals surface area (Å²) in [6, 6.07) is 7.52. The molecule has 0 atom stereocenters. The van der Waals surface area contributed by atoms with Crippen molar-refractivity contribution in [2.45, 2.75) is 26.7 Å². The summed E-state index contributed by atoms with van der Waals surface area (Å²) in [5, 5.41) is 0. The van der Waals surface area contributed by atoms with Gasteiger partial charge in [-0.25, -0.2) is 4.79 Å². The van der Waals surface area contributed by atoms with Crippen molar-refractivity contribution in [3.05, 3.63) is 48.1 Å². The van der Waals surface area contributed by atoms with Crippen LogP contribution >= 0.6 is 0 Å². The Balaban J connectivity index is 2.44. The number of esters is 1. The van der Waals surface area contributed by atoms with Gasteiger partial charge >= 0.3 is 5.97 Å². The largest absolute Gasteiger partial charge is 0.489 e. The van der Waals surface area contributed by atoms with Crippen LogP contribution in [0.2, 0.25) is 0 Å². The summed E-state index contributed by atoms with van der Waals surface area (Å²) in [4.78, 5) is 11.4. The molecule has 0 radical (unpaired) electrons. The van der Waals surface area contributed by atoms with Crippen LogP contribution in [0.5, 0.6) is 5.75 Å². The zero-order valence-corrected chi connectivity index (χ0v) is 12.2. The highest BCUT2D eigenvalue weighted by molar-refractivity contribution is 5.87. The lowest BCUT2D eigenvalue weighted by Crippen LogP contribution is -2.01. The van der Waals surface area contributed by atoms with E-state index < -0.39 is 0 Å². The molecular weight excluding hydrogens is 252 g/mol. The van der Waals surface area contributed by atoms with E-state index in [0.29, 0.717) is 13.2 Å². The molecule has 1 rings (SSSR count). The van der Waals surface area contributed by atoms with Gasteiger partial charge in [-0.3, -0.25) is 0 Å². The molecule has 0 spiro atoms. The van der Waals surface area contributed by atoms with Crippen molar-refractivity contribution in [3.8, 4) is 5.75 Å². The zero-order valence-electron chi connectivity index (χ0n) is 12.2. The van der Waals surface area contributed by atoms with E-state index in [1.807, 2.05) is 31.2 Å². The van der Waals surface area contributed by atoms with Gasteiger partial charge in [-0.05, 0) is 42.7 Å². The van der Waals surface area contributed by atoms with Crippen LogP contribution in [0.4, 0.5) is 0 Å². The van der Waals surface area contributed by atoms with E-state index in [2.05, 4.69) is 13.5 Å². The smallest absolute Gasteiger partial charge is 0.330 e. The van der Waals surface area contributed by atoms with Crippen molar-refractivity contribution in [1.29, 1.82) is 0 Å². The SMILES string of the molecule is C=C(C)COc1ccc(/C=C/C(=O)OCCCC)cc1. The summed E-state index contributed by atoms with van der Waals surface area (Å²) in [6.45, 7) is 8.75. The molecule has 0 saturated carbocycles. The van der Waals surface area contributed by atoms with Crippen LogP contribution in [0.25, 0.3) is 6.08 Å². The van der Waals surface area contributed by atoms with E-state index in [9.17, 15) is 4.79 Å². The Bertz CT molecular complexity index is 458. The first kappa shape index (κ1) is 16.0. The number of rotatable bonds is 8. The van der Waals surface area contributed by atoms with E-state index in [1.165, 1.54) is 6.08 Å². The Labute approximate surface area is 120 Å². The molecular formula is C17H22O3. The number of benzene rings is 1. The minimum absolute atomic E-state index is 0.305. The van der Waals surface area contributed by atoms with Crippen molar-refractivity contribution in [3.63, 3.8) is 0 Å². The van der Waals surface area contributed by atoms with Crippen LogP contribution in [0.15, 0.2) is 42.5 Å². The minimum Gasteiger partial charge on any atom is -0.489 e. The number of ether oxygens (including phenoxy) is 2. The van der Waals surface area contributed by atoms with Gasteiger partial charge in [0, 0.05) is 6.08 Å². The van der Waals surface area contributed by atoms with E-state index in [-0.39, 0.29) is 5.97 Å². The molecule has 1 aromatic rings. The zero-order chi connectivity index (χ0) is 14.8. The molecule has 0 amide bonds. The summed E-state index contributed by atoms with van der Waals surface area (Å²) in [5.74, 6) is 0.483. The molecule has 0 aromatic heterocycles. The van der Waals surface area contributed by atoms with Crippen molar-refractivity contribution in [2.24, 2.45) is 0 Å². The Morgan fingerprint density at radius 2 is 2.00 bits per heavy atom. The topological polar surface area (TPSA) is 35.5 Å². The molecule has 0 aliphatic heterocycles. The third kappa shape index (κ3) is 6.78. The van der Waals surface area contributed by atoms with Gasteiger partial charge in [0.15, 0.2) is 0 Å². The van der Waals surface area contributed by atoms with Gasteiger partial charge in [0.25, 0.3) is 0 Å². The van der Waals surface area contributed by atoms with Gasteiger partial charge in [-0.15, -0.1) is 0 Å². The lowest BCUT2D eigenvalue weighted by Gasteiger charge is -2.05. The highest BCUT2D eigenvalue weighted by atomic mass is 16.5. The monoisotopic (exact) mass is 274 g/mol. The third-order valence-corrected chi connectivity index (χ3v) is 2.52. The molecule has 108 valence electrons. The van der Waals surface area contributed by atoms with E-state index >= 15 is 0 Å². The molecule has 0 unspecified atom stereocenters. The number of carbonyl (C=O) groups excluding carboxylic acids is 1. The Kier molecular flexibility index (Phi) is 7.18. The average molecular weight is 274 g/mol. The van der Waals surface area contributed by atoms with Crippen molar-refractivity contribution < 1.29 is 14.3 Å². The second-order valence-electron chi connectivity index (χ2n) is 4.67. The van der Waals surface area contributed by atoms with Crippen LogP contribution in [-0.4, -0.2) is 19.2 Å². The molecule has 0 aliphatic rings. The Hall–Kier alpha value is -2.03. The fourth-order valence-electron chi connectivity index (χ4n) is 1.41. The van der Waals surface area contributed by atoms with E-state index in [1.54, 1.807) is 6.08 Å². The van der Waals surface area contributed by atoms with Crippen molar-refractivity contribution >= 4 is 12.0 Å². The quantitative estimate of drug-likeness (QED) is 0.311. The molecule has 3 heteroatoms. The molecule has 0 bridgehead atoms. The summed E-state index contributed by atoms with van der Waals surface area (Å²) in [5.41, 5.74) is 1.91. The molecule has 0 saturated heterocycles. The van der Waals surface area contributed by atoms with Gasteiger partial charge in [0.1, 0.15) is 12.4 Å². The van der Waals surface area contributed by atoms with Crippen LogP contribution in [0.1, 0.15) is 32.3 Å². The van der Waals surface area contributed by atoms with Crippen LogP contribution in [0, 0.1) is 0 Å². The van der Waals surface area contributed by atoms with Gasteiger partial charge in [-0.1, -0.05) is 32.1 Å². The number of hydrogen-bond donors (Lipinski definition) is 0. The molecule has 3 nitrogen and oxygen atoms in total. The highest BCUT2D eigenvalue weighted by Crippen LogP contribution is 2.13. The molecule has 20 heavy (non-hydrogen) atoms. The number of unbranched alkanes of at least 4 members (excludes halogenated alkanes) is 1. The fourth-order valence-corrected chi connectivity index (χ4v) is 1.41.